The van der Waals surface area contributed by atoms with Gasteiger partial charge in [0.1, 0.15) is 5.82 Å². The van der Waals surface area contributed by atoms with Crippen molar-refractivity contribution >= 4 is 15.7 Å². The van der Waals surface area contributed by atoms with Crippen LogP contribution in [0.2, 0.25) is 0 Å². The Balaban J connectivity index is 3.04. The number of aliphatic hydroxyl groups excluding tert-OH is 1. The largest absolute Gasteiger partial charge is 0.399 e. The molecule has 0 amide bonds. The van der Waals surface area contributed by atoms with Gasteiger partial charge in [0, 0.05) is 11.7 Å². The third kappa shape index (κ3) is 3.65. The highest BCUT2D eigenvalue weighted by atomic mass is 32.2. The lowest BCUT2D eigenvalue weighted by Crippen LogP contribution is -2.36. The highest BCUT2D eigenvalue weighted by Gasteiger charge is 2.19. The van der Waals surface area contributed by atoms with Crippen molar-refractivity contribution in [1.82, 2.24) is 4.72 Å². The van der Waals surface area contributed by atoms with Crippen LogP contribution in [-0.4, -0.2) is 26.2 Å². The van der Waals surface area contributed by atoms with Crippen LogP contribution in [0.3, 0.4) is 0 Å². The number of hydrogen-bond donors (Lipinski definition) is 3. The van der Waals surface area contributed by atoms with Crippen LogP contribution in [0, 0.1) is 5.82 Å². The van der Waals surface area contributed by atoms with Gasteiger partial charge in [0.15, 0.2) is 0 Å². The van der Waals surface area contributed by atoms with E-state index in [2.05, 4.69) is 4.72 Å². The minimum atomic E-state index is -3.86. The first-order valence-corrected chi connectivity index (χ1v) is 6.56. The summed E-state index contributed by atoms with van der Waals surface area (Å²) in [5, 5.41) is 8.92. The molecule has 0 bridgehead atoms. The lowest BCUT2D eigenvalue weighted by atomic mass is 10.3. The molecule has 0 saturated carbocycles. The quantitative estimate of drug-likeness (QED) is 0.672. The molecule has 1 atom stereocenters. The third-order valence-electron chi connectivity index (χ3n) is 2.24. The molecule has 0 aliphatic carbocycles. The van der Waals surface area contributed by atoms with Crippen LogP contribution in [-0.2, 0) is 10.0 Å². The van der Waals surface area contributed by atoms with Gasteiger partial charge in [-0.2, -0.15) is 0 Å². The number of sulfonamides is 1. The third-order valence-corrected chi connectivity index (χ3v) is 3.74. The molecule has 17 heavy (non-hydrogen) atoms. The van der Waals surface area contributed by atoms with Crippen molar-refractivity contribution in [2.45, 2.75) is 24.3 Å². The van der Waals surface area contributed by atoms with Crippen molar-refractivity contribution in [3.63, 3.8) is 0 Å². The minimum absolute atomic E-state index is 0.0300. The summed E-state index contributed by atoms with van der Waals surface area (Å²) in [5.74, 6) is -0.720. The molecule has 1 rings (SSSR count). The second-order valence-corrected chi connectivity index (χ2v) is 5.34. The average molecular weight is 262 g/mol. The summed E-state index contributed by atoms with van der Waals surface area (Å²) < 4.78 is 38.9. The molecule has 1 aromatic carbocycles. The number of hydrogen-bond acceptors (Lipinski definition) is 4. The normalized spacial score (nSPS) is 13.6. The molecule has 0 heterocycles. The van der Waals surface area contributed by atoms with Crippen LogP contribution in [0.5, 0.6) is 0 Å². The Morgan fingerprint density at radius 3 is 2.59 bits per heavy atom. The number of nitrogens with two attached hydrogens (primary N) is 1. The van der Waals surface area contributed by atoms with Gasteiger partial charge >= 0.3 is 0 Å². The monoisotopic (exact) mass is 262 g/mol. The first-order chi connectivity index (χ1) is 7.89. The van der Waals surface area contributed by atoms with Gasteiger partial charge in [-0.1, -0.05) is 6.92 Å². The Kier molecular flexibility index (Phi) is 4.44. The summed E-state index contributed by atoms with van der Waals surface area (Å²) in [7, 11) is -3.86. The molecule has 7 heteroatoms. The van der Waals surface area contributed by atoms with Crippen molar-refractivity contribution < 1.29 is 17.9 Å². The fraction of sp³-hybridized carbons (Fsp3) is 0.400. The van der Waals surface area contributed by atoms with Crippen molar-refractivity contribution in [2.24, 2.45) is 0 Å². The average Bonchev–Trinajstić information content (AvgIpc) is 2.24. The van der Waals surface area contributed by atoms with Gasteiger partial charge in [-0.05, 0) is 24.6 Å². The highest BCUT2D eigenvalue weighted by molar-refractivity contribution is 7.89. The molecule has 0 aromatic heterocycles. The van der Waals surface area contributed by atoms with Crippen LogP contribution >= 0.6 is 0 Å². The van der Waals surface area contributed by atoms with Crippen molar-refractivity contribution in [1.29, 1.82) is 0 Å². The number of anilines is 1. The van der Waals surface area contributed by atoms with E-state index in [9.17, 15) is 12.8 Å². The number of benzene rings is 1. The Labute approximate surface area is 99.5 Å². The van der Waals surface area contributed by atoms with E-state index in [4.69, 9.17) is 10.8 Å². The second-order valence-electron chi connectivity index (χ2n) is 3.63. The molecule has 0 spiro atoms. The lowest BCUT2D eigenvalue weighted by molar-refractivity contribution is 0.254. The van der Waals surface area contributed by atoms with E-state index in [0.717, 1.165) is 18.2 Å². The van der Waals surface area contributed by atoms with Gasteiger partial charge in [-0.15, -0.1) is 0 Å². The van der Waals surface area contributed by atoms with Crippen LogP contribution in [0.1, 0.15) is 13.3 Å². The molecule has 96 valence electrons. The Morgan fingerprint density at radius 2 is 2.12 bits per heavy atom. The van der Waals surface area contributed by atoms with Gasteiger partial charge in [-0.25, -0.2) is 17.5 Å². The fourth-order valence-electron chi connectivity index (χ4n) is 1.28. The summed E-state index contributed by atoms with van der Waals surface area (Å²) in [5.41, 5.74) is 5.40. The maximum atomic E-state index is 13.0. The summed E-state index contributed by atoms with van der Waals surface area (Å²) in [4.78, 5) is -0.248. The molecule has 4 N–H and O–H groups in total. The summed E-state index contributed by atoms with van der Waals surface area (Å²) in [6.07, 6.45) is 0.431. The van der Waals surface area contributed by atoms with Crippen LogP contribution in [0.4, 0.5) is 10.1 Å². The van der Waals surface area contributed by atoms with Gasteiger partial charge in [0.2, 0.25) is 10.0 Å². The van der Waals surface area contributed by atoms with E-state index < -0.39 is 21.9 Å². The minimum Gasteiger partial charge on any atom is -0.399 e. The van der Waals surface area contributed by atoms with E-state index in [-0.39, 0.29) is 17.2 Å². The molecule has 0 radical (unpaired) electrons. The van der Waals surface area contributed by atoms with Crippen molar-refractivity contribution in [3.8, 4) is 0 Å². The van der Waals surface area contributed by atoms with Crippen molar-refractivity contribution in [2.75, 3.05) is 12.3 Å². The SMILES string of the molecule is CC[C@@H](CO)NS(=O)(=O)c1cc(N)cc(F)c1. The van der Waals surface area contributed by atoms with Crippen LogP contribution in [0.15, 0.2) is 23.1 Å². The van der Waals surface area contributed by atoms with Gasteiger partial charge in [-0.3, -0.25) is 0 Å². The zero-order valence-corrected chi connectivity index (χ0v) is 10.2. The molecule has 5 nitrogen and oxygen atoms in total. The number of rotatable bonds is 5. The second kappa shape index (κ2) is 5.44. The first kappa shape index (κ1) is 13.9. The van der Waals surface area contributed by atoms with E-state index in [1.807, 2.05) is 0 Å². The highest BCUT2D eigenvalue weighted by Crippen LogP contribution is 2.16. The van der Waals surface area contributed by atoms with E-state index in [1.165, 1.54) is 0 Å². The Bertz CT molecular complexity index is 466. The van der Waals surface area contributed by atoms with E-state index in [0.29, 0.717) is 6.42 Å². The van der Waals surface area contributed by atoms with Crippen molar-refractivity contribution in [3.05, 3.63) is 24.0 Å². The smallest absolute Gasteiger partial charge is 0.241 e. The molecule has 1 aromatic rings. The Morgan fingerprint density at radius 1 is 1.47 bits per heavy atom. The molecule has 0 aliphatic heterocycles. The van der Waals surface area contributed by atoms with Crippen LogP contribution in [0.25, 0.3) is 0 Å². The number of halogens is 1. The zero-order valence-electron chi connectivity index (χ0n) is 9.35. The predicted octanol–water partition coefficient (Wildman–Crippen LogP) is 0.457. The zero-order chi connectivity index (χ0) is 13.1. The molecule has 0 fully saturated rings. The van der Waals surface area contributed by atoms with Gasteiger partial charge in [0.25, 0.3) is 0 Å². The topological polar surface area (TPSA) is 92.4 Å². The van der Waals surface area contributed by atoms with Gasteiger partial charge in [0.05, 0.1) is 11.5 Å². The predicted molar refractivity (Wildman–Crippen MR) is 62.3 cm³/mol. The first-order valence-electron chi connectivity index (χ1n) is 5.08. The number of aliphatic hydroxyl groups is 1. The molecule has 0 aliphatic rings. The molecule has 0 unspecified atom stereocenters. The van der Waals surface area contributed by atoms with E-state index in [1.54, 1.807) is 6.92 Å². The van der Waals surface area contributed by atoms with E-state index >= 15 is 0 Å². The molecular formula is C10H15FN2O3S. The fourth-order valence-corrected chi connectivity index (χ4v) is 2.65. The standard InChI is InChI=1S/C10H15FN2O3S/c1-2-9(6-14)13-17(15,16)10-4-7(11)3-8(12)5-10/h3-5,9,13-14H,2,6,12H2,1H3/t9-/m0/s1. The molecular weight excluding hydrogens is 247 g/mol. The number of nitrogen functional groups attached to an aromatic ring is 1. The number of nitrogens with one attached hydrogen (secondary N) is 1. The Hall–Kier alpha value is -1.18. The molecule has 0 saturated heterocycles. The summed E-state index contributed by atoms with van der Waals surface area (Å²) in [6.45, 7) is 1.41. The maximum Gasteiger partial charge on any atom is 0.241 e. The lowest BCUT2D eigenvalue weighted by Gasteiger charge is -2.14. The summed E-state index contributed by atoms with van der Waals surface area (Å²) in [6, 6.07) is 2.48. The van der Waals surface area contributed by atoms with Gasteiger partial charge < -0.3 is 10.8 Å². The maximum absolute atomic E-state index is 13.0. The summed E-state index contributed by atoms with van der Waals surface area (Å²) >= 11 is 0. The van der Waals surface area contributed by atoms with Crippen LogP contribution < -0.4 is 10.5 Å².